The first-order valence-corrected chi connectivity index (χ1v) is 9.73. The molecule has 1 heterocycles. The fraction of sp³-hybridized carbons (Fsp3) is 0.160. The zero-order valence-corrected chi connectivity index (χ0v) is 16.6. The Balaban J connectivity index is 1.79. The molecule has 0 unspecified atom stereocenters. The Hall–Kier alpha value is -3.53. The van der Waals surface area contributed by atoms with E-state index in [-0.39, 0.29) is 5.97 Å². The van der Waals surface area contributed by atoms with Gasteiger partial charge >= 0.3 is 5.97 Å². The number of benzene rings is 3. The smallest absolute Gasteiger partial charge is 0.340 e. The van der Waals surface area contributed by atoms with Crippen LogP contribution in [0.2, 0.25) is 0 Å². The lowest BCUT2D eigenvalue weighted by molar-refractivity contribution is 0.0527. The van der Waals surface area contributed by atoms with Crippen molar-refractivity contribution >= 4 is 16.9 Å². The Morgan fingerprint density at radius 2 is 1.62 bits per heavy atom. The Kier molecular flexibility index (Phi) is 5.34. The zero-order chi connectivity index (χ0) is 20.2. The van der Waals surface area contributed by atoms with Crippen molar-refractivity contribution in [3.63, 3.8) is 0 Å². The zero-order valence-electron chi connectivity index (χ0n) is 16.6. The van der Waals surface area contributed by atoms with E-state index in [4.69, 9.17) is 9.47 Å². The van der Waals surface area contributed by atoms with Crippen LogP contribution in [0.3, 0.4) is 0 Å². The van der Waals surface area contributed by atoms with Gasteiger partial charge in [-0.15, -0.1) is 0 Å². The van der Waals surface area contributed by atoms with Crippen molar-refractivity contribution in [3.05, 3.63) is 95.7 Å². The number of nitrogens with zero attached hydrogens (tertiary/aromatic N) is 1. The van der Waals surface area contributed by atoms with Gasteiger partial charge in [0.25, 0.3) is 0 Å². The number of hydrogen-bond acceptors (Lipinski definition) is 3. The van der Waals surface area contributed by atoms with Crippen molar-refractivity contribution < 1.29 is 14.3 Å². The van der Waals surface area contributed by atoms with Gasteiger partial charge in [0.1, 0.15) is 12.4 Å². The minimum Gasteiger partial charge on any atom is -0.489 e. The predicted octanol–water partition coefficient (Wildman–Crippen LogP) is 5.69. The van der Waals surface area contributed by atoms with Gasteiger partial charge in [0.05, 0.1) is 17.7 Å². The molecule has 0 aliphatic heterocycles. The maximum absolute atomic E-state index is 12.7. The summed E-state index contributed by atoms with van der Waals surface area (Å²) in [6.07, 6.45) is 0. The number of rotatable bonds is 6. The highest BCUT2D eigenvalue weighted by Gasteiger charge is 2.22. The van der Waals surface area contributed by atoms with Gasteiger partial charge in [-0.25, -0.2) is 4.79 Å². The molecule has 0 saturated carbocycles. The van der Waals surface area contributed by atoms with Crippen LogP contribution in [0, 0.1) is 6.92 Å². The molecule has 0 spiro atoms. The fourth-order valence-electron chi connectivity index (χ4n) is 3.60. The van der Waals surface area contributed by atoms with Crippen LogP contribution < -0.4 is 4.74 Å². The lowest BCUT2D eigenvalue weighted by Gasteiger charge is -2.09. The van der Waals surface area contributed by atoms with E-state index in [1.807, 2.05) is 92.7 Å². The molecule has 0 radical (unpaired) electrons. The van der Waals surface area contributed by atoms with E-state index in [0.717, 1.165) is 33.6 Å². The van der Waals surface area contributed by atoms with Crippen LogP contribution in [0.25, 0.3) is 16.6 Å². The molecule has 4 aromatic rings. The highest BCUT2D eigenvalue weighted by Crippen LogP contribution is 2.32. The van der Waals surface area contributed by atoms with Crippen LogP contribution in [-0.4, -0.2) is 17.1 Å². The predicted molar refractivity (Wildman–Crippen MR) is 115 cm³/mol. The van der Waals surface area contributed by atoms with E-state index in [9.17, 15) is 4.79 Å². The summed E-state index contributed by atoms with van der Waals surface area (Å²) < 4.78 is 13.4. The van der Waals surface area contributed by atoms with Crippen LogP contribution in [0.15, 0.2) is 78.9 Å². The second-order valence-electron chi connectivity index (χ2n) is 6.81. The largest absolute Gasteiger partial charge is 0.489 e. The molecule has 0 fully saturated rings. The summed E-state index contributed by atoms with van der Waals surface area (Å²) >= 11 is 0. The molecule has 3 aromatic carbocycles. The first kappa shape index (κ1) is 18.8. The number of aromatic nitrogens is 1. The summed E-state index contributed by atoms with van der Waals surface area (Å²) in [6, 6.07) is 25.9. The second-order valence-corrected chi connectivity index (χ2v) is 6.81. The van der Waals surface area contributed by atoms with Crippen molar-refractivity contribution in [3.8, 4) is 11.4 Å². The van der Waals surface area contributed by atoms with E-state index in [0.29, 0.717) is 18.8 Å². The highest BCUT2D eigenvalue weighted by atomic mass is 16.5. The quantitative estimate of drug-likeness (QED) is 0.400. The molecular formula is C25H23NO3. The summed E-state index contributed by atoms with van der Waals surface area (Å²) in [5, 5.41) is 0.829. The summed E-state index contributed by atoms with van der Waals surface area (Å²) in [5.41, 5.74) is 4.48. The molecule has 4 heteroatoms. The Morgan fingerprint density at radius 1 is 0.931 bits per heavy atom. The maximum atomic E-state index is 12.7. The van der Waals surface area contributed by atoms with Gasteiger partial charge in [-0.05, 0) is 49.7 Å². The first-order valence-electron chi connectivity index (χ1n) is 9.73. The number of hydrogen-bond donors (Lipinski definition) is 0. The number of carbonyl (C=O) groups excluding carboxylic acids is 1. The van der Waals surface area contributed by atoms with Crippen molar-refractivity contribution in [2.75, 3.05) is 6.61 Å². The highest BCUT2D eigenvalue weighted by molar-refractivity contribution is 6.07. The van der Waals surface area contributed by atoms with E-state index in [2.05, 4.69) is 4.57 Å². The van der Waals surface area contributed by atoms with E-state index < -0.39 is 0 Å². The number of fused-ring (bicyclic) bond motifs is 1. The van der Waals surface area contributed by atoms with Crippen LogP contribution in [0.4, 0.5) is 0 Å². The molecule has 0 bridgehead atoms. The van der Waals surface area contributed by atoms with Crippen LogP contribution >= 0.6 is 0 Å². The normalized spacial score (nSPS) is 10.8. The number of ether oxygens (including phenoxy) is 2. The molecule has 4 rings (SSSR count). The standard InChI is InChI=1S/C25H23NO3/c1-3-28-25(27)24-18(2)26(20-12-8-5-9-13-20)23-15-14-21(16-22(23)24)29-17-19-10-6-4-7-11-19/h4-16H,3,17H2,1-2H3. The third-order valence-corrected chi connectivity index (χ3v) is 4.92. The van der Waals surface area contributed by atoms with Crippen molar-refractivity contribution in [2.45, 2.75) is 20.5 Å². The number of para-hydroxylation sites is 1. The van der Waals surface area contributed by atoms with Crippen LogP contribution in [0.5, 0.6) is 5.75 Å². The third-order valence-electron chi connectivity index (χ3n) is 4.92. The Morgan fingerprint density at radius 3 is 2.31 bits per heavy atom. The third kappa shape index (κ3) is 3.74. The maximum Gasteiger partial charge on any atom is 0.340 e. The molecule has 0 saturated heterocycles. The van der Waals surface area contributed by atoms with Crippen molar-refractivity contribution in [2.24, 2.45) is 0 Å². The lowest BCUT2D eigenvalue weighted by Crippen LogP contribution is -2.07. The average Bonchev–Trinajstić information content (AvgIpc) is 3.05. The molecule has 0 aliphatic carbocycles. The molecule has 0 atom stereocenters. The number of esters is 1. The SMILES string of the molecule is CCOC(=O)c1c(C)n(-c2ccccc2)c2ccc(OCc3ccccc3)cc12. The van der Waals surface area contributed by atoms with Crippen molar-refractivity contribution in [1.29, 1.82) is 0 Å². The topological polar surface area (TPSA) is 40.5 Å². The molecule has 146 valence electrons. The lowest BCUT2D eigenvalue weighted by atomic mass is 10.1. The van der Waals surface area contributed by atoms with Gasteiger partial charge in [0.15, 0.2) is 0 Å². The molecule has 4 nitrogen and oxygen atoms in total. The first-order chi connectivity index (χ1) is 14.2. The van der Waals surface area contributed by atoms with Gasteiger partial charge < -0.3 is 14.0 Å². The van der Waals surface area contributed by atoms with Crippen LogP contribution in [-0.2, 0) is 11.3 Å². The summed E-state index contributed by atoms with van der Waals surface area (Å²) in [4.78, 5) is 12.7. The fourth-order valence-corrected chi connectivity index (χ4v) is 3.60. The van der Waals surface area contributed by atoms with Gasteiger partial charge in [-0.2, -0.15) is 0 Å². The van der Waals surface area contributed by atoms with E-state index >= 15 is 0 Å². The van der Waals surface area contributed by atoms with Gasteiger partial charge in [0.2, 0.25) is 0 Å². The molecule has 0 amide bonds. The number of carbonyl (C=O) groups is 1. The van der Waals surface area contributed by atoms with Gasteiger partial charge in [-0.3, -0.25) is 0 Å². The van der Waals surface area contributed by atoms with E-state index in [1.54, 1.807) is 0 Å². The van der Waals surface area contributed by atoms with Crippen molar-refractivity contribution in [1.82, 2.24) is 4.57 Å². The minimum absolute atomic E-state index is 0.315. The Bertz CT molecular complexity index is 1130. The molecule has 29 heavy (non-hydrogen) atoms. The monoisotopic (exact) mass is 385 g/mol. The molecular weight excluding hydrogens is 362 g/mol. The average molecular weight is 385 g/mol. The molecule has 0 aliphatic rings. The summed E-state index contributed by atoms with van der Waals surface area (Å²) in [5.74, 6) is 0.405. The molecule has 0 N–H and O–H groups in total. The minimum atomic E-state index is -0.315. The second kappa shape index (κ2) is 8.23. The molecule has 1 aromatic heterocycles. The summed E-state index contributed by atoms with van der Waals surface area (Å²) in [6.45, 7) is 4.57. The Labute approximate surface area is 170 Å². The summed E-state index contributed by atoms with van der Waals surface area (Å²) in [7, 11) is 0. The van der Waals surface area contributed by atoms with E-state index in [1.165, 1.54) is 0 Å². The van der Waals surface area contributed by atoms with Crippen LogP contribution in [0.1, 0.15) is 28.5 Å². The van der Waals surface area contributed by atoms with Gasteiger partial charge in [-0.1, -0.05) is 48.5 Å². The van der Waals surface area contributed by atoms with Gasteiger partial charge in [0, 0.05) is 16.8 Å².